The molecule has 114 valence electrons. The van der Waals surface area contributed by atoms with Crippen LogP contribution in [0.2, 0.25) is 0 Å². The number of halogens is 3. The van der Waals surface area contributed by atoms with E-state index in [0.29, 0.717) is 6.54 Å². The molecule has 1 aromatic carbocycles. The number of H-pyrrole nitrogens is 1. The molecular formula is C14H16F3N3O. The Morgan fingerprint density at radius 3 is 2.33 bits per heavy atom. The summed E-state index contributed by atoms with van der Waals surface area (Å²) >= 11 is 0. The lowest BCUT2D eigenvalue weighted by Gasteiger charge is -2.16. The predicted molar refractivity (Wildman–Crippen MR) is 71.0 cm³/mol. The van der Waals surface area contributed by atoms with Crippen molar-refractivity contribution >= 4 is 0 Å². The van der Waals surface area contributed by atoms with E-state index < -0.39 is 23.5 Å². The highest BCUT2D eigenvalue weighted by atomic mass is 19.2. The summed E-state index contributed by atoms with van der Waals surface area (Å²) in [7, 11) is 0. The van der Waals surface area contributed by atoms with E-state index in [-0.39, 0.29) is 12.2 Å². The van der Waals surface area contributed by atoms with E-state index in [1.54, 1.807) is 0 Å². The van der Waals surface area contributed by atoms with Crippen molar-refractivity contribution in [1.29, 1.82) is 0 Å². The second-order valence-corrected chi connectivity index (χ2v) is 4.81. The van der Waals surface area contributed by atoms with Crippen molar-refractivity contribution in [2.45, 2.75) is 26.4 Å². The number of nitrogens with zero attached hydrogens (tertiary/aromatic N) is 1. The molecule has 0 aliphatic carbocycles. The molecule has 0 amide bonds. The standard InChI is InChI=1S/C14H16F3N3O/c1-7-12(20-8(2)19-7)5-18-13(6-21)9-3-10(15)14(17)11(16)4-9/h3-4,13,18,21H,5-6H2,1-2H3,(H,19,20). The molecular weight excluding hydrogens is 283 g/mol. The topological polar surface area (TPSA) is 60.9 Å². The molecule has 0 saturated carbocycles. The number of imidazole rings is 1. The van der Waals surface area contributed by atoms with Gasteiger partial charge in [0.25, 0.3) is 0 Å². The molecule has 2 aromatic rings. The number of rotatable bonds is 5. The fourth-order valence-corrected chi connectivity index (χ4v) is 2.11. The molecule has 0 saturated heterocycles. The Balaban J connectivity index is 2.15. The molecule has 0 bridgehead atoms. The zero-order valence-corrected chi connectivity index (χ0v) is 11.7. The second-order valence-electron chi connectivity index (χ2n) is 4.81. The third-order valence-corrected chi connectivity index (χ3v) is 3.21. The van der Waals surface area contributed by atoms with Crippen LogP contribution in [-0.4, -0.2) is 21.7 Å². The zero-order chi connectivity index (χ0) is 15.6. The van der Waals surface area contributed by atoms with E-state index in [2.05, 4.69) is 15.3 Å². The first-order valence-electron chi connectivity index (χ1n) is 6.43. The average molecular weight is 299 g/mol. The summed E-state index contributed by atoms with van der Waals surface area (Å²) < 4.78 is 39.4. The van der Waals surface area contributed by atoms with Crippen molar-refractivity contribution in [2.75, 3.05) is 6.61 Å². The molecule has 4 nitrogen and oxygen atoms in total. The summed E-state index contributed by atoms with van der Waals surface area (Å²) in [6.45, 7) is 3.59. The summed E-state index contributed by atoms with van der Waals surface area (Å²) in [6.07, 6.45) is 0. The predicted octanol–water partition coefficient (Wildman–Crippen LogP) is 2.27. The molecule has 0 aliphatic heterocycles. The van der Waals surface area contributed by atoms with Gasteiger partial charge in [-0.25, -0.2) is 18.2 Å². The van der Waals surface area contributed by atoms with Gasteiger partial charge in [-0.05, 0) is 31.5 Å². The normalized spacial score (nSPS) is 12.7. The van der Waals surface area contributed by atoms with Crippen LogP contribution in [0.1, 0.15) is 28.8 Å². The lowest BCUT2D eigenvalue weighted by molar-refractivity contribution is 0.242. The van der Waals surface area contributed by atoms with Crippen molar-refractivity contribution in [1.82, 2.24) is 15.3 Å². The van der Waals surface area contributed by atoms with Crippen LogP contribution in [0, 0.1) is 31.3 Å². The Bertz CT molecular complexity index is 619. The summed E-state index contributed by atoms with van der Waals surface area (Å²) in [5, 5.41) is 12.3. The number of aliphatic hydroxyl groups is 1. The molecule has 0 spiro atoms. The summed E-state index contributed by atoms with van der Waals surface area (Å²) in [4.78, 5) is 7.28. The molecule has 0 fully saturated rings. The maximum atomic E-state index is 13.2. The lowest BCUT2D eigenvalue weighted by Crippen LogP contribution is -2.25. The van der Waals surface area contributed by atoms with Gasteiger partial charge in [0, 0.05) is 12.2 Å². The van der Waals surface area contributed by atoms with E-state index in [9.17, 15) is 18.3 Å². The SMILES string of the molecule is Cc1nc(CNC(CO)c2cc(F)c(F)c(F)c2)c(C)[nH]1. The van der Waals surface area contributed by atoms with Gasteiger partial charge in [0.05, 0.1) is 18.3 Å². The molecule has 3 N–H and O–H groups in total. The number of aryl methyl sites for hydroxylation is 2. The quantitative estimate of drug-likeness (QED) is 0.742. The number of aromatic amines is 1. The minimum absolute atomic E-state index is 0.138. The van der Waals surface area contributed by atoms with Crippen LogP contribution in [0.25, 0.3) is 0 Å². The number of aromatic nitrogens is 2. The monoisotopic (exact) mass is 299 g/mol. The Hall–Kier alpha value is -1.86. The van der Waals surface area contributed by atoms with Crippen LogP contribution >= 0.6 is 0 Å². The summed E-state index contributed by atoms with van der Waals surface area (Å²) in [5.74, 6) is -3.33. The van der Waals surface area contributed by atoms with E-state index >= 15 is 0 Å². The van der Waals surface area contributed by atoms with E-state index in [1.165, 1.54) is 0 Å². The molecule has 0 aliphatic rings. The van der Waals surface area contributed by atoms with Crippen LogP contribution in [0.3, 0.4) is 0 Å². The third kappa shape index (κ3) is 3.43. The van der Waals surface area contributed by atoms with Crippen LogP contribution in [0.4, 0.5) is 13.2 Å². The van der Waals surface area contributed by atoms with Crippen LogP contribution in [0.15, 0.2) is 12.1 Å². The van der Waals surface area contributed by atoms with E-state index in [0.717, 1.165) is 29.3 Å². The Morgan fingerprint density at radius 1 is 1.24 bits per heavy atom. The van der Waals surface area contributed by atoms with Crippen molar-refractivity contribution in [3.63, 3.8) is 0 Å². The fraction of sp³-hybridized carbons (Fsp3) is 0.357. The molecule has 2 rings (SSSR count). The van der Waals surface area contributed by atoms with Gasteiger partial charge in [0.1, 0.15) is 5.82 Å². The number of aliphatic hydroxyl groups excluding tert-OH is 1. The molecule has 21 heavy (non-hydrogen) atoms. The Labute approximate surface area is 120 Å². The highest BCUT2D eigenvalue weighted by Gasteiger charge is 2.17. The number of nitrogens with one attached hydrogen (secondary N) is 2. The van der Waals surface area contributed by atoms with Gasteiger partial charge < -0.3 is 15.4 Å². The zero-order valence-electron chi connectivity index (χ0n) is 11.7. The van der Waals surface area contributed by atoms with Crippen molar-refractivity contribution in [3.8, 4) is 0 Å². The number of hydrogen-bond acceptors (Lipinski definition) is 3. The first-order valence-corrected chi connectivity index (χ1v) is 6.43. The Kier molecular flexibility index (Phi) is 4.64. The maximum absolute atomic E-state index is 13.2. The van der Waals surface area contributed by atoms with E-state index in [1.807, 2.05) is 13.8 Å². The molecule has 0 radical (unpaired) electrons. The average Bonchev–Trinajstić information content (AvgIpc) is 2.75. The van der Waals surface area contributed by atoms with Gasteiger partial charge in [0.2, 0.25) is 0 Å². The van der Waals surface area contributed by atoms with E-state index in [4.69, 9.17) is 0 Å². The van der Waals surface area contributed by atoms with Gasteiger partial charge in [-0.3, -0.25) is 0 Å². The molecule has 1 heterocycles. The van der Waals surface area contributed by atoms with Gasteiger partial charge in [0.15, 0.2) is 17.5 Å². The van der Waals surface area contributed by atoms with Crippen LogP contribution < -0.4 is 5.32 Å². The fourth-order valence-electron chi connectivity index (χ4n) is 2.11. The summed E-state index contributed by atoms with van der Waals surface area (Å²) in [5.41, 5.74) is 1.75. The third-order valence-electron chi connectivity index (χ3n) is 3.21. The molecule has 1 aromatic heterocycles. The largest absolute Gasteiger partial charge is 0.394 e. The Morgan fingerprint density at radius 2 is 1.86 bits per heavy atom. The van der Waals surface area contributed by atoms with Crippen molar-refractivity contribution in [2.24, 2.45) is 0 Å². The van der Waals surface area contributed by atoms with Crippen molar-refractivity contribution < 1.29 is 18.3 Å². The maximum Gasteiger partial charge on any atom is 0.194 e. The minimum Gasteiger partial charge on any atom is -0.394 e. The van der Waals surface area contributed by atoms with Gasteiger partial charge >= 0.3 is 0 Å². The highest BCUT2D eigenvalue weighted by Crippen LogP contribution is 2.19. The van der Waals surface area contributed by atoms with Gasteiger partial charge in [-0.2, -0.15) is 0 Å². The smallest absolute Gasteiger partial charge is 0.194 e. The van der Waals surface area contributed by atoms with Crippen LogP contribution in [0.5, 0.6) is 0 Å². The first-order chi connectivity index (χ1) is 9.92. The van der Waals surface area contributed by atoms with Crippen molar-refractivity contribution in [3.05, 3.63) is 52.4 Å². The summed E-state index contributed by atoms with van der Waals surface area (Å²) in [6, 6.07) is 1.02. The molecule has 1 atom stereocenters. The number of hydrogen-bond donors (Lipinski definition) is 3. The van der Waals surface area contributed by atoms with Crippen LogP contribution in [-0.2, 0) is 6.54 Å². The highest BCUT2D eigenvalue weighted by molar-refractivity contribution is 5.23. The lowest BCUT2D eigenvalue weighted by atomic mass is 10.1. The minimum atomic E-state index is -1.52. The first kappa shape index (κ1) is 15.5. The van der Waals surface area contributed by atoms with Gasteiger partial charge in [-0.1, -0.05) is 0 Å². The molecule has 1 unspecified atom stereocenters. The number of benzene rings is 1. The molecule has 7 heteroatoms. The van der Waals surface area contributed by atoms with Gasteiger partial charge in [-0.15, -0.1) is 0 Å². The second kappa shape index (κ2) is 6.28.